The summed E-state index contributed by atoms with van der Waals surface area (Å²) < 4.78 is 0. The molecule has 1 fully saturated rings. The van der Waals surface area contributed by atoms with Crippen molar-refractivity contribution >= 4 is 34.1 Å². The molecule has 1 aliphatic heterocycles. The maximum absolute atomic E-state index is 13.2. The zero-order valence-electron chi connectivity index (χ0n) is 18.8. The predicted octanol–water partition coefficient (Wildman–Crippen LogP) is 6.20. The summed E-state index contributed by atoms with van der Waals surface area (Å²) in [6, 6.07) is 10.6. The minimum Gasteiger partial charge on any atom is -0.371 e. The number of hydrogen-bond acceptors (Lipinski definition) is 7. The van der Waals surface area contributed by atoms with E-state index in [0.29, 0.717) is 24.0 Å². The molecule has 1 aromatic carbocycles. The number of thiophene rings is 1. The van der Waals surface area contributed by atoms with Crippen LogP contribution in [0.3, 0.4) is 0 Å². The number of carbonyl (C=O) groups is 1. The Hall–Kier alpha value is -2.90. The van der Waals surface area contributed by atoms with Crippen LogP contribution in [0.2, 0.25) is 0 Å². The number of ketones is 1. The fourth-order valence-electron chi connectivity index (χ4n) is 4.30. The molecule has 0 bridgehead atoms. The van der Waals surface area contributed by atoms with E-state index in [0.717, 1.165) is 46.3 Å². The molecule has 1 aliphatic rings. The fourth-order valence-corrected chi connectivity index (χ4v) is 5.94. The van der Waals surface area contributed by atoms with Gasteiger partial charge in [-0.05, 0) is 41.0 Å². The number of Topliss-reactive ketones (excluding diaryl/α,β-unsaturated/α-hetero) is 1. The summed E-state index contributed by atoms with van der Waals surface area (Å²) in [5.74, 6) is 0.855. The molecule has 3 aromatic heterocycles. The number of aromatic nitrogens is 3. The van der Waals surface area contributed by atoms with Crippen LogP contribution >= 0.6 is 22.7 Å². The second-order valence-corrected chi connectivity index (χ2v) is 10.5. The molecule has 0 spiro atoms. The molecule has 1 unspecified atom stereocenters. The van der Waals surface area contributed by atoms with Crippen LogP contribution in [0, 0.1) is 0 Å². The quantitative estimate of drug-likeness (QED) is 0.298. The molecule has 0 radical (unpaired) electrons. The maximum atomic E-state index is 13.2. The van der Waals surface area contributed by atoms with Crippen molar-refractivity contribution < 1.29 is 4.79 Å². The number of hydrogen-bond donors (Lipinski definition) is 0. The van der Waals surface area contributed by atoms with Crippen LogP contribution < -0.4 is 4.90 Å². The van der Waals surface area contributed by atoms with Crippen LogP contribution in [0.25, 0.3) is 9.88 Å². The highest BCUT2D eigenvalue weighted by molar-refractivity contribution is 7.20. The van der Waals surface area contributed by atoms with Gasteiger partial charge in [0.25, 0.3) is 0 Å². The lowest BCUT2D eigenvalue weighted by atomic mass is 9.97. The Morgan fingerprint density at radius 2 is 2.12 bits per heavy atom. The second kappa shape index (κ2) is 9.53. The molecular weight excluding hydrogens is 448 g/mol. The molecule has 0 saturated carbocycles. The van der Waals surface area contributed by atoms with E-state index in [2.05, 4.69) is 51.9 Å². The van der Waals surface area contributed by atoms with Gasteiger partial charge in [-0.3, -0.25) is 14.8 Å². The molecule has 4 aromatic rings. The Bertz CT molecular complexity index is 1230. The first-order valence-corrected chi connectivity index (χ1v) is 13.0. The predicted molar refractivity (Wildman–Crippen MR) is 136 cm³/mol. The summed E-state index contributed by atoms with van der Waals surface area (Å²) in [7, 11) is 0. The van der Waals surface area contributed by atoms with E-state index in [4.69, 9.17) is 0 Å². The Morgan fingerprint density at radius 1 is 1.21 bits per heavy atom. The van der Waals surface area contributed by atoms with Crippen LogP contribution in [0.4, 0.5) is 5.69 Å². The highest BCUT2D eigenvalue weighted by atomic mass is 32.1. The standard InChI is InChI=1S/C26H26N4OS2/c1-17(2)18-5-6-19(13-24(31)22-16-33-26(29-22)25-4-3-11-32-25)23(12-18)30-10-7-20(15-30)21-14-27-8-9-28-21/h3-6,8-9,11-12,14,16-17,20H,7,10,13,15H2,1-2H3. The number of carbonyl (C=O) groups excluding carboxylic acids is 1. The van der Waals surface area contributed by atoms with Crippen LogP contribution in [-0.4, -0.2) is 33.8 Å². The molecular formula is C26H26N4OS2. The van der Waals surface area contributed by atoms with Gasteiger partial charge in [0.15, 0.2) is 5.78 Å². The molecule has 0 aliphatic carbocycles. The van der Waals surface area contributed by atoms with E-state index in [9.17, 15) is 4.79 Å². The van der Waals surface area contributed by atoms with Gasteiger partial charge in [-0.15, -0.1) is 22.7 Å². The monoisotopic (exact) mass is 474 g/mol. The van der Waals surface area contributed by atoms with Crippen LogP contribution in [0.1, 0.15) is 59.4 Å². The SMILES string of the molecule is CC(C)c1ccc(CC(=O)c2csc(-c3cccs3)n2)c(N2CCC(c3cnccn3)C2)c1. The first-order chi connectivity index (χ1) is 16.1. The molecule has 4 heterocycles. The number of thiazole rings is 1. The third-order valence-corrected chi connectivity index (χ3v) is 8.06. The summed E-state index contributed by atoms with van der Waals surface area (Å²) in [5, 5.41) is 4.83. The minimum absolute atomic E-state index is 0.0669. The summed E-state index contributed by atoms with van der Waals surface area (Å²) >= 11 is 3.18. The second-order valence-electron chi connectivity index (χ2n) is 8.72. The van der Waals surface area contributed by atoms with Crippen molar-refractivity contribution in [2.24, 2.45) is 0 Å². The van der Waals surface area contributed by atoms with Gasteiger partial charge in [-0.1, -0.05) is 32.0 Å². The van der Waals surface area contributed by atoms with Crippen molar-refractivity contribution in [3.63, 3.8) is 0 Å². The topological polar surface area (TPSA) is 59.0 Å². The number of rotatable bonds is 7. The van der Waals surface area contributed by atoms with Gasteiger partial charge < -0.3 is 4.90 Å². The van der Waals surface area contributed by atoms with Gasteiger partial charge in [-0.2, -0.15) is 0 Å². The number of anilines is 1. The molecule has 5 rings (SSSR count). The molecule has 5 nitrogen and oxygen atoms in total. The summed E-state index contributed by atoms with van der Waals surface area (Å²) in [5.41, 5.74) is 5.12. The van der Waals surface area contributed by atoms with Gasteiger partial charge in [0.2, 0.25) is 0 Å². The van der Waals surface area contributed by atoms with Gasteiger partial charge in [0, 0.05) is 55.1 Å². The average molecular weight is 475 g/mol. The van der Waals surface area contributed by atoms with E-state index in [1.807, 2.05) is 29.1 Å². The lowest BCUT2D eigenvalue weighted by Crippen LogP contribution is -2.22. The Labute approximate surface area is 202 Å². The largest absolute Gasteiger partial charge is 0.371 e. The normalized spacial score (nSPS) is 16.0. The zero-order chi connectivity index (χ0) is 22.8. The maximum Gasteiger partial charge on any atom is 0.186 e. The lowest BCUT2D eigenvalue weighted by Gasteiger charge is -2.24. The third-order valence-electron chi connectivity index (χ3n) is 6.18. The Kier molecular flexibility index (Phi) is 6.33. The fraction of sp³-hybridized carbons (Fsp3) is 0.308. The minimum atomic E-state index is 0.0669. The smallest absolute Gasteiger partial charge is 0.186 e. The van der Waals surface area contributed by atoms with Crippen molar-refractivity contribution in [3.05, 3.63) is 82.2 Å². The van der Waals surface area contributed by atoms with Crippen molar-refractivity contribution in [1.82, 2.24) is 15.0 Å². The molecule has 1 saturated heterocycles. The number of benzene rings is 1. The van der Waals surface area contributed by atoms with E-state index in [1.165, 1.54) is 16.9 Å². The van der Waals surface area contributed by atoms with Gasteiger partial charge in [0.1, 0.15) is 10.7 Å². The Morgan fingerprint density at radius 3 is 2.88 bits per heavy atom. The van der Waals surface area contributed by atoms with Crippen LogP contribution in [-0.2, 0) is 6.42 Å². The van der Waals surface area contributed by atoms with Crippen LogP contribution in [0.5, 0.6) is 0 Å². The highest BCUT2D eigenvalue weighted by Gasteiger charge is 2.27. The van der Waals surface area contributed by atoms with Crippen LogP contribution in [0.15, 0.2) is 59.7 Å². The third kappa shape index (κ3) is 4.75. The van der Waals surface area contributed by atoms with Crippen molar-refractivity contribution in [2.75, 3.05) is 18.0 Å². The van der Waals surface area contributed by atoms with Gasteiger partial charge >= 0.3 is 0 Å². The summed E-state index contributed by atoms with van der Waals surface area (Å²) in [6.45, 7) is 6.25. The molecule has 33 heavy (non-hydrogen) atoms. The highest BCUT2D eigenvalue weighted by Crippen LogP contribution is 2.34. The van der Waals surface area contributed by atoms with Gasteiger partial charge in [0.05, 0.1) is 10.6 Å². The lowest BCUT2D eigenvalue weighted by molar-refractivity contribution is 0.0989. The van der Waals surface area contributed by atoms with Crippen molar-refractivity contribution in [2.45, 2.75) is 38.5 Å². The molecule has 1 atom stereocenters. The average Bonchev–Trinajstić information content (AvgIpc) is 3.61. The van der Waals surface area contributed by atoms with E-state index in [-0.39, 0.29) is 5.78 Å². The van der Waals surface area contributed by atoms with Crippen molar-refractivity contribution in [1.29, 1.82) is 0 Å². The molecule has 7 heteroatoms. The summed E-state index contributed by atoms with van der Waals surface area (Å²) in [6.07, 6.45) is 6.74. The summed E-state index contributed by atoms with van der Waals surface area (Å²) in [4.78, 5) is 30.1. The van der Waals surface area contributed by atoms with E-state index in [1.54, 1.807) is 23.7 Å². The molecule has 168 valence electrons. The molecule has 0 N–H and O–H groups in total. The van der Waals surface area contributed by atoms with E-state index < -0.39 is 0 Å². The first kappa shape index (κ1) is 21.9. The van der Waals surface area contributed by atoms with Gasteiger partial charge in [-0.25, -0.2) is 4.98 Å². The van der Waals surface area contributed by atoms with E-state index >= 15 is 0 Å². The number of nitrogens with zero attached hydrogens (tertiary/aromatic N) is 4. The zero-order valence-corrected chi connectivity index (χ0v) is 20.4. The molecule has 0 amide bonds. The first-order valence-electron chi connectivity index (χ1n) is 11.2. The van der Waals surface area contributed by atoms with Crippen molar-refractivity contribution in [3.8, 4) is 9.88 Å². The Balaban J connectivity index is 1.39.